The van der Waals surface area contributed by atoms with Crippen molar-refractivity contribution in [1.29, 1.82) is 0 Å². The third-order valence-corrected chi connectivity index (χ3v) is 4.34. The van der Waals surface area contributed by atoms with Crippen molar-refractivity contribution in [1.82, 2.24) is 9.80 Å². The van der Waals surface area contributed by atoms with Crippen LogP contribution in [0.1, 0.15) is 11.1 Å². The van der Waals surface area contributed by atoms with E-state index < -0.39 is 12.0 Å². The molecule has 1 N–H and O–H groups in total. The van der Waals surface area contributed by atoms with Crippen LogP contribution in [-0.4, -0.2) is 46.6 Å². The predicted molar refractivity (Wildman–Crippen MR) is 104 cm³/mol. The third-order valence-electron chi connectivity index (χ3n) is 4.34. The van der Waals surface area contributed by atoms with Crippen LogP contribution in [0.25, 0.3) is 0 Å². The Morgan fingerprint density at radius 1 is 0.880 bits per heavy atom. The van der Waals surface area contributed by atoms with Crippen LogP contribution in [0.4, 0.5) is 0 Å². The molecule has 2 aromatic rings. The quantitative estimate of drug-likeness (QED) is 0.861. The second kappa shape index (κ2) is 10.4. The van der Waals surface area contributed by atoms with E-state index in [0.717, 1.165) is 25.2 Å². The Morgan fingerprint density at radius 3 is 1.92 bits per heavy atom. The number of aliphatic carboxylic acids is 1. The second-order valence-electron chi connectivity index (χ2n) is 6.03. The molecule has 0 amide bonds. The van der Waals surface area contributed by atoms with E-state index in [1.165, 1.54) is 5.56 Å². The molecule has 1 saturated heterocycles. The summed E-state index contributed by atoms with van der Waals surface area (Å²) in [6.07, 6.45) is 0. The van der Waals surface area contributed by atoms with Crippen LogP contribution >= 0.6 is 24.8 Å². The van der Waals surface area contributed by atoms with Gasteiger partial charge in [-0.15, -0.1) is 24.8 Å². The first kappa shape index (κ1) is 21.5. The molecule has 0 aliphatic carbocycles. The molecule has 25 heavy (non-hydrogen) atoms. The molecule has 0 saturated carbocycles. The molecule has 2 aromatic carbocycles. The third kappa shape index (κ3) is 6.01. The lowest BCUT2D eigenvalue weighted by Gasteiger charge is -2.39. The highest BCUT2D eigenvalue weighted by Gasteiger charge is 2.32. The van der Waals surface area contributed by atoms with Crippen molar-refractivity contribution < 1.29 is 9.90 Å². The van der Waals surface area contributed by atoms with Crippen molar-refractivity contribution in [3.8, 4) is 0 Å². The fourth-order valence-electron chi connectivity index (χ4n) is 3.10. The molecule has 3 rings (SSSR count). The number of piperazine rings is 1. The zero-order valence-corrected chi connectivity index (χ0v) is 15.6. The highest BCUT2D eigenvalue weighted by Crippen LogP contribution is 2.16. The number of benzene rings is 2. The van der Waals surface area contributed by atoms with Gasteiger partial charge in [0, 0.05) is 32.7 Å². The standard InChI is InChI=1S/C19H22N2O2.2ClH/c22-19(23)18-15-20(13-16-7-3-1-4-8-16)11-12-21(18)14-17-9-5-2-6-10-17;;/h1-10,18H,11-15H2,(H,22,23);2*1H. The number of nitrogens with zero attached hydrogens (tertiary/aromatic N) is 2. The Labute approximate surface area is 161 Å². The summed E-state index contributed by atoms with van der Waals surface area (Å²) in [7, 11) is 0. The highest BCUT2D eigenvalue weighted by molar-refractivity contribution is 5.85. The minimum Gasteiger partial charge on any atom is -0.480 e. The molecule has 6 heteroatoms. The molecule has 136 valence electrons. The maximum absolute atomic E-state index is 11.7. The zero-order chi connectivity index (χ0) is 16.1. The Bertz CT molecular complexity index is 640. The number of hydrogen-bond acceptors (Lipinski definition) is 3. The highest BCUT2D eigenvalue weighted by atomic mass is 35.5. The Balaban J connectivity index is 0.00000156. The van der Waals surface area contributed by atoms with Gasteiger partial charge in [0.1, 0.15) is 6.04 Å². The fraction of sp³-hybridized carbons (Fsp3) is 0.316. The Morgan fingerprint density at radius 2 is 1.40 bits per heavy atom. The smallest absolute Gasteiger partial charge is 0.322 e. The van der Waals surface area contributed by atoms with Gasteiger partial charge in [0.15, 0.2) is 0 Å². The average molecular weight is 383 g/mol. The molecule has 1 fully saturated rings. The van der Waals surface area contributed by atoms with E-state index in [9.17, 15) is 9.90 Å². The predicted octanol–water partition coefficient (Wildman–Crippen LogP) is 3.30. The normalized spacial score (nSPS) is 18.0. The fourth-order valence-corrected chi connectivity index (χ4v) is 3.10. The Kier molecular flexibility index (Phi) is 8.93. The topological polar surface area (TPSA) is 43.8 Å². The van der Waals surface area contributed by atoms with Crippen LogP contribution in [0, 0.1) is 0 Å². The van der Waals surface area contributed by atoms with Gasteiger partial charge in [0.25, 0.3) is 0 Å². The lowest BCUT2D eigenvalue weighted by molar-refractivity contribution is -0.146. The van der Waals surface area contributed by atoms with E-state index in [-0.39, 0.29) is 24.8 Å². The molecule has 0 spiro atoms. The molecule has 1 unspecified atom stereocenters. The van der Waals surface area contributed by atoms with Gasteiger partial charge < -0.3 is 5.11 Å². The van der Waals surface area contributed by atoms with Crippen molar-refractivity contribution in [3.63, 3.8) is 0 Å². The summed E-state index contributed by atoms with van der Waals surface area (Å²) in [6, 6.07) is 19.9. The van der Waals surface area contributed by atoms with Crippen LogP contribution in [0.5, 0.6) is 0 Å². The van der Waals surface area contributed by atoms with Crippen molar-refractivity contribution in [3.05, 3.63) is 71.8 Å². The van der Waals surface area contributed by atoms with Gasteiger partial charge >= 0.3 is 5.97 Å². The summed E-state index contributed by atoms with van der Waals surface area (Å²) in [5.41, 5.74) is 2.39. The molecular formula is C19H24Cl2N2O2. The number of carboxylic acid groups (broad SMARTS) is 1. The summed E-state index contributed by atoms with van der Waals surface area (Å²) in [6.45, 7) is 3.74. The van der Waals surface area contributed by atoms with E-state index in [1.54, 1.807) is 0 Å². The maximum atomic E-state index is 11.7. The molecule has 1 aliphatic rings. The van der Waals surface area contributed by atoms with Crippen LogP contribution < -0.4 is 0 Å². The molecular weight excluding hydrogens is 359 g/mol. The number of rotatable bonds is 5. The molecule has 0 radical (unpaired) electrons. The van der Waals surface area contributed by atoms with E-state index >= 15 is 0 Å². The first-order chi connectivity index (χ1) is 11.2. The molecule has 1 aliphatic heterocycles. The molecule has 1 atom stereocenters. The van der Waals surface area contributed by atoms with Crippen molar-refractivity contribution >= 4 is 30.8 Å². The van der Waals surface area contributed by atoms with Crippen LogP contribution in [0.2, 0.25) is 0 Å². The largest absolute Gasteiger partial charge is 0.480 e. The monoisotopic (exact) mass is 382 g/mol. The van der Waals surface area contributed by atoms with Crippen LogP contribution in [0.15, 0.2) is 60.7 Å². The van der Waals surface area contributed by atoms with Gasteiger partial charge in [-0.05, 0) is 11.1 Å². The minimum atomic E-state index is -0.737. The van der Waals surface area contributed by atoms with E-state index in [1.807, 2.05) is 36.4 Å². The lowest BCUT2D eigenvalue weighted by Crippen LogP contribution is -2.55. The molecule has 4 nitrogen and oxygen atoms in total. The van der Waals surface area contributed by atoms with Gasteiger partial charge in [-0.3, -0.25) is 14.6 Å². The second-order valence-corrected chi connectivity index (χ2v) is 6.03. The summed E-state index contributed by atoms with van der Waals surface area (Å²) >= 11 is 0. The lowest BCUT2D eigenvalue weighted by atomic mass is 10.1. The van der Waals surface area contributed by atoms with E-state index in [2.05, 4.69) is 34.1 Å². The average Bonchev–Trinajstić information content (AvgIpc) is 2.58. The molecule has 0 bridgehead atoms. The zero-order valence-electron chi connectivity index (χ0n) is 14.0. The van der Waals surface area contributed by atoms with E-state index in [4.69, 9.17) is 0 Å². The van der Waals surface area contributed by atoms with Crippen molar-refractivity contribution in [2.24, 2.45) is 0 Å². The van der Waals surface area contributed by atoms with Gasteiger partial charge in [0.2, 0.25) is 0 Å². The minimum absolute atomic E-state index is 0. The van der Waals surface area contributed by atoms with Crippen molar-refractivity contribution in [2.75, 3.05) is 19.6 Å². The first-order valence-corrected chi connectivity index (χ1v) is 7.99. The summed E-state index contributed by atoms with van der Waals surface area (Å²) in [5, 5.41) is 9.60. The van der Waals surface area contributed by atoms with Gasteiger partial charge in [-0.1, -0.05) is 60.7 Å². The molecule has 0 aromatic heterocycles. The van der Waals surface area contributed by atoms with Gasteiger partial charge in [-0.25, -0.2) is 0 Å². The first-order valence-electron chi connectivity index (χ1n) is 7.99. The molecule has 1 heterocycles. The van der Waals surface area contributed by atoms with Crippen LogP contribution in [-0.2, 0) is 17.9 Å². The number of carbonyl (C=O) groups is 1. The van der Waals surface area contributed by atoms with E-state index in [0.29, 0.717) is 13.1 Å². The summed E-state index contributed by atoms with van der Waals surface area (Å²) in [5.74, 6) is -0.737. The maximum Gasteiger partial charge on any atom is 0.322 e. The summed E-state index contributed by atoms with van der Waals surface area (Å²) in [4.78, 5) is 16.0. The van der Waals surface area contributed by atoms with Gasteiger partial charge in [0.05, 0.1) is 0 Å². The number of carboxylic acids is 1. The number of hydrogen-bond donors (Lipinski definition) is 1. The van der Waals surface area contributed by atoms with Gasteiger partial charge in [-0.2, -0.15) is 0 Å². The van der Waals surface area contributed by atoms with Crippen molar-refractivity contribution in [2.45, 2.75) is 19.1 Å². The Hall–Kier alpha value is -1.59. The number of halogens is 2. The SMILES string of the molecule is Cl.Cl.O=C(O)C1CN(Cc2ccccc2)CCN1Cc1ccccc1. The summed E-state index contributed by atoms with van der Waals surface area (Å²) < 4.78 is 0. The van der Waals surface area contributed by atoms with Crippen LogP contribution in [0.3, 0.4) is 0 Å².